The number of amides is 1. The average molecular weight is 329 g/mol. The molecule has 0 saturated carbocycles. The van der Waals surface area contributed by atoms with Gasteiger partial charge in [0.15, 0.2) is 16.5 Å². The van der Waals surface area contributed by atoms with Crippen LogP contribution in [-0.4, -0.2) is 22.1 Å². The molecular weight excluding hydrogens is 314 g/mol. The van der Waals surface area contributed by atoms with Crippen LogP contribution < -0.4 is 14.8 Å². The number of benzene rings is 1. The number of imidazole rings is 1. The molecule has 1 aromatic carbocycles. The number of fused-ring (bicyclic) bond motifs is 2. The first-order valence-electron chi connectivity index (χ1n) is 7.29. The minimum Gasteiger partial charge on any atom is -0.454 e. The summed E-state index contributed by atoms with van der Waals surface area (Å²) in [4.78, 5) is 17.5. The fourth-order valence-electron chi connectivity index (χ4n) is 2.58. The van der Waals surface area contributed by atoms with Crippen LogP contribution in [0.2, 0.25) is 0 Å². The first-order valence-corrected chi connectivity index (χ1v) is 8.17. The molecule has 6 nitrogen and oxygen atoms in total. The van der Waals surface area contributed by atoms with Gasteiger partial charge in [0.1, 0.15) is 0 Å². The molecule has 1 atom stereocenters. The zero-order chi connectivity index (χ0) is 15.8. The molecule has 1 aliphatic heterocycles. The molecule has 0 aliphatic carbocycles. The smallest absolute Gasteiger partial charge is 0.231 e. The Morgan fingerprint density at radius 1 is 1.43 bits per heavy atom. The molecule has 4 rings (SSSR count). The monoisotopic (exact) mass is 329 g/mol. The number of carbonyl (C=O) groups excluding carboxylic acids is 1. The van der Waals surface area contributed by atoms with Gasteiger partial charge in [-0.3, -0.25) is 9.20 Å². The van der Waals surface area contributed by atoms with E-state index >= 15 is 0 Å². The normalized spacial score (nSPS) is 14.1. The molecule has 1 aliphatic rings. The standard InChI is InChI=1S/C16H15N3O3S/c1-10(11-2-3-13-14(6-11)22-9-21-13)17-15(20)7-12-8-19-4-5-23-16(19)18-12/h2-6,8,10H,7,9H2,1H3,(H,17,20). The fraction of sp³-hybridized carbons (Fsp3) is 0.250. The number of aromatic nitrogens is 2. The first kappa shape index (κ1) is 14.1. The van der Waals surface area contributed by atoms with Crippen LogP contribution in [0.1, 0.15) is 24.2 Å². The number of hydrogen-bond acceptors (Lipinski definition) is 5. The van der Waals surface area contributed by atoms with Gasteiger partial charge in [-0.15, -0.1) is 11.3 Å². The summed E-state index contributed by atoms with van der Waals surface area (Å²) in [5.41, 5.74) is 1.75. The van der Waals surface area contributed by atoms with Crippen molar-refractivity contribution in [1.82, 2.24) is 14.7 Å². The molecule has 7 heteroatoms. The van der Waals surface area contributed by atoms with Gasteiger partial charge in [0, 0.05) is 17.8 Å². The highest BCUT2D eigenvalue weighted by molar-refractivity contribution is 7.15. The SMILES string of the molecule is CC(NC(=O)Cc1cn2ccsc2n1)c1ccc2c(c1)OCO2. The molecule has 3 aromatic rings. The van der Waals surface area contributed by atoms with Gasteiger partial charge in [0.2, 0.25) is 12.7 Å². The lowest BCUT2D eigenvalue weighted by Gasteiger charge is -2.14. The highest BCUT2D eigenvalue weighted by Gasteiger charge is 2.17. The Balaban J connectivity index is 1.42. The van der Waals surface area contributed by atoms with Crippen LogP contribution >= 0.6 is 11.3 Å². The van der Waals surface area contributed by atoms with Crippen molar-refractivity contribution in [2.75, 3.05) is 6.79 Å². The van der Waals surface area contributed by atoms with E-state index in [1.165, 1.54) is 0 Å². The van der Waals surface area contributed by atoms with Crippen molar-refractivity contribution in [2.45, 2.75) is 19.4 Å². The molecule has 0 bridgehead atoms. The molecule has 118 valence electrons. The minimum atomic E-state index is -0.110. The average Bonchev–Trinajstić information content (AvgIpc) is 3.20. The van der Waals surface area contributed by atoms with Crippen molar-refractivity contribution in [1.29, 1.82) is 0 Å². The largest absolute Gasteiger partial charge is 0.454 e. The van der Waals surface area contributed by atoms with E-state index in [9.17, 15) is 4.79 Å². The molecule has 0 radical (unpaired) electrons. The van der Waals surface area contributed by atoms with E-state index in [1.54, 1.807) is 11.3 Å². The molecule has 1 unspecified atom stereocenters. The van der Waals surface area contributed by atoms with Crippen LogP contribution in [0.4, 0.5) is 0 Å². The maximum absolute atomic E-state index is 12.2. The first-order chi connectivity index (χ1) is 11.2. The lowest BCUT2D eigenvalue weighted by atomic mass is 10.1. The summed E-state index contributed by atoms with van der Waals surface area (Å²) in [6.45, 7) is 2.19. The summed E-state index contributed by atoms with van der Waals surface area (Å²) in [7, 11) is 0. The number of hydrogen-bond donors (Lipinski definition) is 1. The van der Waals surface area contributed by atoms with Crippen LogP contribution in [0.25, 0.3) is 4.96 Å². The maximum atomic E-state index is 12.2. The predicted octanol–water partition coefficient (Wildman–Crippen LogP) is 2.54. The highest BCUT2D eigenvalue weighted by atomic mass is 32.1. The number of thiazole rings is 1. The van der Waals surface area contributed by atoms with E-state index in [0.29, 0.717) is 0 Å². The van der Waals surface area contributed by atoms with Gasteiger partial charge < -0.3 is 14.8 Å². The lowest BCUT2D eigenvalue weighted by molar-refractivity contribution is -0.121. The second kappa shape index (κ2) is 5.58. The molecule has 0 saturated heterocycles. The molecular formula is C16H15N3O3S. The van der Waals surface area contributed by atoms with Gasteiger partial charge in [-0.25, -0.2) is 4.98 Å². The zero-order valence-corrected chi connectivity index (χ0v) is 13.3. The van der Waals surface area contributed by atoms with E-state index < -0.39 is 0 Å². The van der Waals surface area contributed by atoms with Crippen LogP contribution in [0, 0.1) is 0 Å². The summed E-state index contributed by atoms with van der Waals surface area (Å²) in [5.74, 6) is 1.41. The Labute approximate surface area is 136 Å². The maximum Gasteiger partial charge on any atom is 0.231 e. The van der Waals surface area contributed by atoms with Gasteiger partial charge in [-0.2, -0.15) is 0 Å². The van der Waals surface area contributed by atoms with Crippen molar-refractivity contribution >= 4 is 22.2 Å². The highest BCUT2D eigenvalue weighted by Crippen LogP contribution is 2.34. The number of nitrogens with one attached hydrogen (secondary N) is 1. The number of nitrogens with zero attached hydrogens (tertiary/aromatic N) is 2. The van der Waals surface area contributed by atoms with E-state index in [2.05, 4.69) is 10.3 Å². The second-order valence-electron chi connectivity index (χ2n) is 5.40. The Morgan fingerprint density at radius 3 is 3.17 bits per heavy atom. The van der Waals surface area contributed by atoms with Crippen molar-refractivity contribution in [3.8, 4) is 11.5 Å². The van der Waals surface area contributed by atoms with Gasteiger partial charge >= 0.3 is 0 Å². The van der Waals surface area contributed by atoms with Gasteiger partial charge in [0.05, 0.1) is 18.2 Å². The second-order valence-corrected chi connectivity index (χ2v) is 6.28. The topological polar surface area (TPSA) is 64.9 Å². The Morgan fingerprint density at radius 2 is 2.30 bits per heavy atom. The molecule has 0 spiro atoms. The molecule has 3 heterocycles. The summed E-state index contributed by atoms with van der Waals surface area (Å²) in [6, 6.07) is 5.59. The van der Waals surface area contributed by atoms with Crippen molar-refractivity contribution in [3.05, 3.63) is 47.2 Å². The van der Waals surface area contributed by atoms with Gasteiger partial charge in [-0.1, -0.05) is 6.07 Å². The predicted molar refractivity (Wildman–Crippen MR) is 85.9 cm³/mol. The van der Waals surface area contributed by atoms with Crippen LogP contribution in [-0.2, 0) is 11.2 Å². The Bertz CT molecular complexity index is 842. The third-order valence-electron chi connectivity index (χ3n) is 3.76. The third-order valence-corrected chi connectivity index (χ3v) is 4.53. The summed E-state index contributed by atoms with van der Waals surface area (Å²) >= 11 is 1.55. The zero-order valence-electron chi connectivity index (χ0n) is 12.5. The van der Waals surface area contributed by atoms with Gasteiger partial charge in [-0.05, 0) is 24.6 Å². The van der Waals surface area contributed by atoms with Crippen LogP contribution in [0.3, 0.4) is 0 Å². The minimum absolute atomic E-state index is 0.0547. The fourth-order valence-corrected chi connectivity index (χ4v) is 3.30. The van der Waals surface area contributed by atoms with E-state index in [0.717, 1.165) is 27.7 Å². The van der Waals surface area contributed by atoms with Gasteiger partial charge in [0.25, 0.3) is 0 Å². The molecule has 0 fully saturated rings. The number of ether oxygens (including phenoxy) is 2. The van der Waals surface area contributed by atoms with Crippen molar-refractivity contribution in [3.63, 3.8) is 0 Å². The van der Waals surface area contributed by atoms with Crippen molar-refractivity contribution < 1.29 is 14.3 Å². The third kappa shape index (κ3) is 2.75. The Kier molecular flexibility index (Phi) is 3.42. The van der Waals surface area contributed by atoms with Crippen LogP contribution in [0.5, 0.6) is 11.5 Å². The summed E-state index contributed by atoms with van der Waals surface area (Å²) < 4.78 is 12.6. The number of carbonyl (C=O) groups is 1. The number of rotatable bonds is 4. The van der Waals surface area contributed by atoms with Crippen molar-refractivity contribution in [2.24, 2.45) is 0 Å². The molecule has 23 heavy (non-hydrogen) atoms. The van der Waals surface area contributed by atoms with E-state index in [4.69, 9.17) is 9.47 Å². The lowest BCUT2D eigenvalue weighted by Crippen LogP contribution is -2.28. The quantitative estimate of drug-likeness (QED) is 0.799. The van der Waals surface area contributed by atoms with E-state index in [1.807, 2.05) is 47.3 Å². The van der Waals surface area contributed by atoms with E-state index in [-0.39, 0.29) is 25.2 Å². The molecule has 2 aromatic heterocycles. The summed E-state index contributed by atoms with van der Waals surface area (Å²) in [6.07, 6.45) is 4.09. The molecule has 1 amide bonds. The molecule has 1 N–H and O–H groups in total. The van der Waals surface area contributed by atoms with Crippen LogP contribution in [0.15, 0.2) is 36.0 Å². The Hall–Kier alpha value is -2.54. The summed E-state index contributed by atoms with van der Waals surface area (Å²) in [5, 5.41) is 4.96.